The van der Waals surface area contributed by atoms with Gasteiger partial charge in [0.15, 0.2) is 0 Å². The number of aliphatic hydroxyl groups is 1. The van der Waals surface area contributed by atoms with E-state index in [1.807, 2.05) is 0 Å². The predicted molar refractivity (Wildman–Crippen MR) is 61.8 cm³/mol. The number of rotatable bonds is 7. The first-order valence-electron chi connectivity index (χ1n) is 5.59. The lowest BCUT2D eigenvalue weighted by Gasteiger charge is -2.20. The molecule has 0 aromatic carbocycles. The van der Waals surface area contributed by atoms with Crippen molar-refractivity contribution in [1.29, 1.82) is 0 Å². The molecule has 0 spiro atoms. The lowest BCUT2D eigenvalue weighted by molar-refractivity contribution is -0.132. The zero-order valence-electron chi connectivity index (χ0n) is 10.3. The van der Waals surface area contributed by atoms with Gasteiger partial charge >= 0.3 is 0 Å². The molecule has 5 heteroatoms. The van der Waals surface area contributed by atoms with Gasteiger partial charge < -0.3 is 15.3 Å². The molecule has 0 saturated heterocycles. The van der Waals surface area contributed by atoms with Crippen molar-refractivity contribution in [3.05, 3.63) is 0 Å². The minimum atomic E-state index is -0.197. The Labute approximate surface area is 96.8 Å². The summed E-state index contributed by atoms with van der Waals surface area (Å²) in [6.07, 6.45) is 1.76. The van der Waals surface area contributed by atoms with Gasteiger partial charge in [0.05, 0.1) is 5.92 Å². The van der Waals surface area contributed by atoms with Crippen LogP contribution in [0.1, 0.15) is 26.2 Å². The van der Waals surface area contributed by atoms with Gasteiger partial charge in [0.2, 0.25) is 11.8 Å². The van der Waals surface area contributed by atoms with Crippen LogP contribution < -0.4 is 5.32 Å². The van der Waals surface area contributed by atoms with Crippen LogP contribution in [0.2, 0.25) is 0 Å². The first-order valence-corrected chi connectivity index (χ1v) is 5.59. The van der Waals surface area contributed by atoms with E-state index in [4.69, 9.17) is 5.11 Å². The van der Waals surface area contributed by atoms with Crippen molar-refractivity contribution >= 4 is 11.8 Å². The largest absolute Gasteiger partial charge is 0.396 e. The van der Waals surface area contributed by atoms with Gasteiger partial charge in [0, 0.05) is 33.7 Å². The maximum atomic E-state index is 11.6. The molecule has 0 aliphatic heterocycles. The smallest absolute Gasteiger partial charge is 0.224 e. The Kier molecular flexibility index (Phi) is 7.54. The van der Waals surface area contributed by atoms with Crippen LogP contribution >= 0.6 is 0 Å². The molecule has 5 nitrogen and oxygen atoms in total. The monoisotopic (exact) mass is 230 g/mol. The molecule has 0 saturated carbocycles. The molecule has 0 aromatic rings. The zero-order chi connectivity index (χ0) is 12.6. The van der Waals surface area contributed by atoms with E-state index in [1.165, 1.54) is 0 Å². The van der Waals surface area contributed by atoms with E-state index in [-0.39, 0.29) is 24.3 Å². The Hall–Kier alpha value is -1.10. The first kappa shape index (κ1) is 14.9. The minimum Gasteiger partial charge on any atom is -0.396 e. The Morgan fingerprint density at radius 1 is 1.38 bits per heavy atom. The third-order valence-electron chi connectivity index (χ3n) is 2.47. The summed E-state index contributed by atoms with van der Waals surface area (Å²) in [6.45, 7) is 2.33. The van der Waals surface area contributed by atoms with E-state index in [9.17, 15) is 9.59 Å². The molecular formula is C11H22N2O3. The molecule has 1 atom stereocenters. The van der Waals surface area contributed by atoms with E-state index in [1.54, 1.807) is 25.9 Å². The van der Waals surface area contributed by atoms with Crippen LogP contribution in [0.15, 0.2) is 0 Å². The normalized spacial score (nSPS) is 12.0. The molecule has 0 aromatic heterocycles. The highest BCUT2D eigenvalue weighted by Gasteiger charge is 2.16. The molecule has 2 amide bonds. The number of amides is 2. The standard InChI is InChI=1S/C11H22N2O3/c1-9(11(16)12-2)8-13(3)10(15)6-4-5-7-14/h9,14H,4-8H2,1-3H3,(H,12,16). The van der Waals surface area contributed by atoms with Gasteiger partial charge in [0.25, 0.3) is 0 Å². The first-order chi connectivity index (χ1) is 7.52. The molecule has 0 bridgehead atoms. The molecular weight excluding hydrogens is 208 g/mol. The Morgan fingerprint density at radius 2 is 2.00 bits per heavy atom. The molecule has 0 fully saturated rings. The summed E-state index contributed by atoms with van der Waals surface area (Å²) in [6, 6.07) is 0. The molecule has 16 heavy (non-hydrogen) atoms. The number of carbonyl (C=O) groups is 2. The SMILES string of the molecule is CNC(=O)C(C)CN(C)C(=O)CCCCO. The Bertz CT molecular complexity index is 231. The van der Waals surface area contributed by atoms with Gasteiger partial charge in [-0.05, 0) is 12.8 Å². The van der Waals surface area contributed by atoms with Gasteiger partial charge in [-0.1, -0.05) is 6.92 Å². The number of aliphatic hydroxyl groups excluding tert-OH is 1. The summed E-state index contributed by atoms with van der Waals surface area (Å²) in [5.74, 6) is -0.240. The van der Waals surface area contributed by atoms with Crippen molar-refractivity contribution in [3.63, 3.8) is 0 Å². The van der Waals surface area contributed by atoms with Crippen LogP contribution in [0, 0.1) is 5.92 Å². The lowest BCUT2D eigenvalue weighted by Crippen LogP contribution is -2.37. The average molecular weight is 230 g/mol. The summed E-state index contributed by atoms with van der Waals surface area (Å²) >= 11 is 0. The average Bonchev–Trinajstić information content (AvgIpc) is 2.27. The summed E-state index contributed by atoms with van der Waals surface area (Å²) in [5.41, 5.74) is 0. The van der Waals surface area contributed by atoms with Crippen molar-refractivity contribution in [2.75, 3.05) is 27.2 Å². The molecule has 0 radical (unpaired) electrons. The van der Waals surface area contributed by atoms with Gasteiger partial charge in [-0.15, -0.1) is 0 Å². The van der Waals surface area contributed by atoms with E-state index < -0.39 is 0 Å². The highest BCUT2D eigenvalue weighted by atomic mass is 16.3. The van der Waals surface area contributed by atoms with Crippen molar-refractivity contribution in [3.8, 4) is 0 Å². The van der Waals surface area contributed by atoms with E-state index in [0.717, 1.165) is 0 Å². The van der Waals surface area contributed by atoms with E-state index in [0.29, 0.717) is 25.8 Å². The maximum Gasteiger partial charge on any atom is 0.224 e. The molecule has 0 aliphatic rings. The number of nitrogens with one attached hydrogen (secondary N) is 1. The Balaban J connectivity index is 3.90. The fourth-order valence-corrected chi connectivity index (χ4v) is 1.42. The molecule has 0 aliphatic carbocycles. The maximum absolute atomic E-state index is 11.6. The number of nitrogens with zero attached hydrogens (tertiary/aromatic N) is 1. The van der Waals surface area contributed by atoms with Gasteiger partial charge in [0.1, 0.15) is 0 Å². The molecule has 1 unspecified atom stereocenters. The summed E-state index contributed by atoms with van der Waals surface area (Å²) in [5, 5.41) is 11.1. The second-order valence-electron chi connectivity index (χ2n) is 3.97. The van der Waals surface area contributed by atoms with Crippen LogP contribution in [0.4, 0.5) is 0 Å². The van der Waals surface area contributed by atoms with Crippen LogP contribution in [0.5, 0.6) is 0 Å². The van der Waals surface area contributed by atoms with Crippen molar-refractivity contribution in [1.82, 2.24) is 10.2 Å². The highest BCUT2D eigenvalue weighted by molar-refractivity contribution is 5.80. The topological polar surface area (TPSA) is 69.6 Å². The number of carbonyl (C=O) groups excluding carboxylic acids is 2. The fraction of sp³-hybridized carbons (Fsp3) is 0.818. The van der Waals surface area contributed by atoms with Gasteiger partial charge in [-0.3, -0.25) is 9.59 Å². The van der Waals surface area contributed by atoms with Crippen molar-refractivity contribution in [2.24, 2.45) is 5.92 Å². The van der Waals surface area contributed by atoms with Gasteiger partial charge in [-0.25, -0.2) is 0 Å². The van der Waals surface area contributed by atoms with Gasteiger partial charge in [-0.2, -0.15) is 0 Å². The summed E-state index contributed by atoms with van der Waals surface area (Å²) < 4.78 is 0. The second kappa shape index (κ2) is 8.10. The third-order valence-corrected chi connectivity index (χ3v) is 2.47. The molecule has 0 rings (SSSR count). The van der Waals surface area contributed by atoms with Crippen LogP contribution in [0.3, 0.4) is 0 Å². The minimum absolute atomic E-state index is 0.0178. The lowest BCUT2D eigenvalue weighted by atomic mass is 10.1. The molecule has 2 N–H and O–H groups in total. The molecule has 94 valence electrons. The zero-order valence-corrected chi connectivity index (χ0v) is 10.3. The predicted octanol–water partition coefficient (Wildman–Crippen LogP) is -0.0105. The van der Waals surface area contributed by atoms with Crippen molar-refractivity contribution in [2.45, 2.75) is 26.2 Å². The number of unbranched alkanes of at least 4 members (excludes halogenated alkanes) is 1. The summed E-state index contributed by atoms with van der Waals surface area (Å²) in [7, 11) is 3.28. The van der Waals surface area contributed by atoms with Crippen LogP contribution in [0.25, 0.3) is 0 Å². The van der Waals surface area contributed by atoms with Crippen molar-refractivity contribution < 1.29 is 14.7 Å². The quantitative estimate of drug-likeness (QED) is 0.604. The van der Waals surface area contributed by atoms with Crippen LogP contribution in [-0.4, -0.2) is 49.1 Å². The fourth-order valence-electron chi connectivity index (χ4n) is 1.42. The van der Waals surface area contributed by atoms with Crippen LogP contribution in [-0.2, 0) is 9.59 Å². The number of hydrogen-bond donors (Lipinski definition) is 2. The number of hydrogen-bond acceptors (Lipinski definition) is 3. The second-order valence-corrected chi connectivity index (χ2v) is 3.97. The molecule has 0 heterocycles. The van der Waals surface area contributed by atoms with E-state index >= 15 is 0 Å². The Morgan fingerprint density at radius 3 is 2.50 bits per heavy atom. The summed E-state index contributed by atoms with van der Waals surface area (Å²) in [4.78, 5) is 24.4. The highest BCUT2D eigenvalue weighted by Crippen LogP contribution is 2.03. The third kappa shape index (κ3) is 5.70. The van der Waals surface area contributed by atoms with E-state index in [2.05, 4.69) is 5.32 Å².